The van der Waals surface area contributed by atoms with Crippen LogP contribution in [0.3, 0.4) is 0 Å². The molecule has 128 valence electrons. The molecule has 1 N–H and O–H groups in total. The second-order valence-electron chi connectivity index (χ2n) is 6.89. The first-order chi connectivity index (χ1) is 10.9. The van der Waals surface area contributed by atoms with Crippen molar-refractivity contribution < 1.29 is 13.2 Å². The number of amides is 1. The van der Waals surface area contributed by atoms with Crippen molar-refractivity contribution in [2.75, 3.05) is 13.6 Å². The highest BCUT2D eigenvalue weighted by molar-refractivity contribution is 7.91. The van der Waals surface area contributed by atoms with Crippen molar-refractivity contribution in [3.8, 4) is 0 Å². The third-order valence-electron chi connectivity index (χ3n) is 5.35. The molecule has 5 nitrogen and oxygen atoms in total. The minimum absolute atomic E-state index is 0.121. The van der Waals surface area contributed by atoms with Crippen molar-refractivity contribution in [3.05, 3.63) is 17.5 Å². The quantitative estimate of drug-likeness (QED) is 0.850. The summed E-state index contributed by atoms with van der Waals surface area (Å²) in [4.78, 5) is 12.2. The molecule has 0 aliphatic heterocycles. The Hall–Kier alpha value is -0.920. The molecule has 1 aromatic heterocycles. The molecule has 0 aromatic carbocycles. The molecular formula is C16H24N2O3S2. The monoisotopic (exact) mass is 356 g/mol. The smallest absolute Gasteiger partial charge is 0.252 e. The van der Waals surface area contributed by atoms with Crippen molar-refractivity contribution in [1.82, 2.24) is 9.62 Å². The van der Waals surface area contributed by atoms with Crippen molar-refractivity contribution in [3.63, 3.8) is 0 Å². The molecule has 23 heavy (non-hydrogen) atoms. The predicted octanol–water partition coefficient (Wildman–Crippen LogP) is 2.31. The Morgan fingerprint density at radius 2 is 2.22 bits per heavy atom. The zero-order chi connectivity index (χ0) is 16.6. The Morgan fingerprint density at radius 3 is 2.78 bits per heavy atom. The number of hydrogen-bond donors (Lipinski definition) is 1. The van der Waals surface area contributed by atoms with Crippen molar-refractivity contribution in [2.45, 2.75) is 42.9 Å². The van der Waals surface area contributed by atoms with Crippen molar-refractivity contribution in [2.24, 2.45) is 17.8 Å². The lowest BCUT2D eigenvalue weighted by Gasteiger charge is -2.29. The summed E-state index contributed by atoms with van der Waals surface area (Å²) in [5, 5.41) is 4.73. The minimum atomic E-state index is -3.56. The number of rotatable bonds is 6. The van der Waals surface area contributed by atoms with E-state index < -0.39 is 10.0 Å². The number of nitrogens with one attached hydrogen (secondary N) is 1. The Morgan fingerprint density at radius 1 is 1.43 bits per heavy atom. The molecule has 3 rings (SSSR count). The first kappa shape index (κ1) is 16.9. The zero-order valence-electron chi connectivity index (χ0n) is 13.6. The van der Waals surface area contributed by atoms with E-state index in [1.807, 2.05) is 0 Å². The van der Waals surface area contributed by atoms with Gasteiger partial charge in [-0.1, -0.05) is 12.5 Å². The van der Waals surface area contributed by atoms with Crippen LogP contribution in [0.25, 0.3) is 0 Å². The van der Waals surface area contributed by atoms with Gasteiger partial charge in [-0.2, -0.15) is 4.31 Å². The van der Waals surface area contributed by atoms with Gasteiger partial charge in [-0.25, -0.2) is 8.42 Å². The van der Waals surface area contributed by atoms with E-state index in [-0.39, 0.29) is 22.7 Å². The van der Waals surface area contributed by atoms with Crippen LogP contribution in [0.2, 0.25) is 0 Å². The third-order valence-corrected chi connectivity index (χ3v) is 8.53. The Kier molecular flexibility index (Phi) is 4.80. The van der Waals surface area contributed by atoms with Gasteiger partial charge in [-0.3, -0.25) is 4.79 Å². The van der Waals surface area contributed by atoms with Gasteiger partial charge in [-0.15, -0.1) is 11.3 Å². The van der Waals surface area contributed by atoms with E-state index in [1.54, 1.807) is 17.5 Å². The van der Waals surface area contributed by atoms with Gasteiger partial charge in [-0.05, 0) is 55.4 Å². The van der Waals surface area contributed by atoms with Gasteiger partial charge in [0.2, 0.25) is 5.91 Å². The highest BCUT2D eigenvalue weighted by Gasteiger charge is 2.42. The van der Waals surface area contributed by atoms with Crippen LogP contribution in [0.1, 0.15) is 32.6 Å². The van der Waals surface area contributed by atoms with Gasteiger partial charge >= 0.3 is 0 Å². The summed E-state index contributed by atoms with van der Waals surface area (Å²) < 4.78 is 26.1. The van der Waals surface area contributed by atoms with Gasteiger partial charge in [0.15, 0.2) is 0 Å². The molecule has 2 saturated carbocycles. The normalized spacial score (nSPS) is 28.2. The van der Waals surface area contributed by atoms with Crippen LogP contribution in [0.5, 0.6) is 0 Å². The molecule has 2 aliphatic rings. The largest absolute Gasteiger partial charge is 0.352 e. The number of nitrogens with zero attached hydrogens (tertiary/aromatic N) is 1. The molecule has 2 aliphatic carbocycles. The van der Waals surface area contributed by atoms with Crippen LogP contribution >= 0.6 is 11.3 Å². The summed E-state index contributed by atoms with van der Waals surface area (Å²) in [5.41, 5.74) is 0. The molecular weight excluding hydrogens is 332 g/mol. The van der Waals surface area contributed by atoms with E-state index in [0.717, 1.165) is 16.1 Å². The molecule has 1 heterocycles. The summed E-state index contributed by atoms with van der Waals surface area (Å²) in [7, 11) is -2.11. The molecule has 2 fully saturated rings. The number of hydrogen-bond acceptors (Lipinski definition) is 4. The first-order valence-corrected chi connectivity index (χ1v) is 10.5. The molecule has 2 bridgehead atoms. The maximum absolute atomic E-state index is 12.3. The predicted molar refractivity (Wildman–Crippen MR) is 90.7 cm³/mol. The maximum atomic E-state index is 12.3. The summed E-state index contributed by atoms with van der Waals surface area (Å²) >= 11 is 1.17. The fourth-order valence-corrected chi connectivity index (χ4v) is 6.49. The average Bonchev–Trinajstić information content (AvgIpc) is 3.23. The molecule has 1 amide bonds. The molecule has 0 spiro atoms. The third kappa shape index (κ3) is 3.46. The van der Waals surface area contributed by atoms with Crippen LogP contribution in [0, 0.1) is 17.8 Å². The van der Waals surface area contributed by atoms with E-state index in [1.165, 1.54) is 44.1 Å². The van der Waals surface area contributed by atoms with Gasteiger partial charge in [0.05, 0.1) is 6.54 Å². The summed E-state index contributed by atoms with van der Waals surface area (Å²) in [6.45, 7) is 1.92. The van der Waals surface area contributed by atoms with Crippen molar-refractivity contribution >= 4 is 27.3 Å². The number of carbonyl (C=O) groups excluding carboxylic acids is 1. The lowest BCUT2D eigenvalue weighted by Crippen LogP contribution is -2.45. The zero-order valence-corrected chi connectivity index (χ0v) is 15.2. The van der Waals surface area contributed by atoms with E-state index in [9.17, 15) is 13.2 Å². The molecule has 0 unspecified atom stereocenters. The average molecular weight is 357 g/mol. The van der Waals surface area contributed by atoms with Gasteiger partial charge in [0.1, 0.15) is 4.21 Å². The maximum Gasteiger partial charge on any atom is 0.252 e. The number of fused-ring (bicyclic) bond motifs is 2. The fraction of sp³-hybridized carbons (Fsp3) is 0.688. The molecule has 0 radical (unpaired) electrons. The lowest BCUT2D eigenvalue weighted by molar-refractivity contribution is -0.122. The highest BCUT2D eigenvalue weighted by atomic mass is 32.2. The molecule has 4 atom stereocenters. The van der Waals surface area contributed by atoms with Gasteiger partial charge < -0.3 is 5.32 Å². The van der Waals surface area contributed by atoms with Gasteiger partial charge in [0.25, 0.3) is 10.0 Å². The van der Waals surface area contributed by atoms with E-state index in [4.69, 9.17) is 0 Å². The standard InChI is InChI=1S/C16H24N2O3S2/c1-11(14-9-12-5-6-13(14)8-12)17-15(19)10-18(2)23(20,21)16-4-3-7-22-16/h3-4,7,11-14H,5-6,8-10H2,1-2H3,(H,17,19)/t11-,12+,13+,14-/m0/s1. The van der Waals surface area contributed by atoms with E-state index >= 15 is 0 Å². The summed E-state index contributed by atoms with van der Waals surface area (Å²) in [6, 6.07) is 3.38. The van der Waals surface area contributed by atoms with Crippen molar-refractivity contribution in [1.29, 1.82) is 0 Å². The molecule has 0 saturated heterocycles. The van der Waals surface area contributed by atoms with Crippen LogP contribution < -0.4 is 5.32 Å². The Labute approximate surface area is 142 Å². The van der Waals surface area contributed by atoms with Gasteiger partial charge in [0, 0.05) is 13.1 Å². The molecule has 1 aromatic rings. The topological polar surface area (TPSA) is 66.5 Å². The summed E-state index contributed by atoms with van der Waals surface area (Å²) in [6.07, 6.45) is 5.12. The molecule has 7 heteroatoms. The second kappa shape index (κ2) is 6.53. The van der Waals surface area contributed by atoms with Crippen LogP contribution in [-0.4, -0.2) is 38.3 Å². The fourth-order valence-electron chi connectivity index (χ4n) is 4.16. The van der Waals surface area contributed by atoms with E-state index in [2.05, 4.69) is 12.2 Å². The van der Waals surface area contributed by atoms with Crippen LogP contribution in [0.15, 0.2) is 21.7 Å². The lowest BCUT2D eigenvalue weighted by atomic mass is 9.84. The number of carbonyl (C=O) groups is 1. The number of likely N-dealkylation sites (N-methyl/N-ethyl adjacent to an activating group) is 1. The highest BCUT2D eigenvalue weighted by Crippen LogP contribution is 2.49. The number of thiophene rings is 1. The van der Waals surface area contributed by atoms with Crippen LogP contribution in [-0.2, 0) is 14.8 Å². The first-order valence-electron chi connectivity index (χ1n) is 8.17. The van der Waals surface area contributed by atoms with E-state index in [0.29, 0.717) is 5.92 Å². The second-order valence-corrected chi connectivity index (χ2v) is 10.1. The number of sulfonamides is 1. The summed E-state index contributed by atoms with van der Waals surface area (Å²) in [5.74, 6) is 1.91. The van der Waals surface area contributed by atoms with Crippen LogP contribution in [0.4, 0.5) is 0 Å². The Balaban J connectivity index is 1.55. The minimum Gasteiger partial charge on any atom is -0.352 e. The Bertz CT molecular complexity index is 657. The SMILES string of the molecule is C[C@H](NC(=O)CN(C)S(=O)(=O)c1cccs1)[C@@H]1C[C@@H]2CC[C@@H]1C2.